The van der Waals surface area contributed by atoms with Crippen LogP contribution in [-0.4, -0.2) is 16.7 Å². The van der Waals surface area contributed by atoms with E-state index in [0.29, 0.717) is 16.0 Å². The number of carbonyl (C=O) groups excluding carboxylic acids is 2. The van der Waals surface area contributed by atoms with Crippen molar-refractivity contribution in [2.24, 2.45) is 0 Å². The Bertz CT molecular complexity index is 461. The van der Waals surface area contributed by atoms with Gasteiger partial charge in [0.15, 0.2) is 4.67 Å². The van der Waals surface area contributed by atoms with E-state index in [1.807, 2.05) is 0 Å². The van der Waals surface area contributed by atoms with Crippen LogP contribution in [0.5, 0.6) is 0 Å². The lowest BCUT2D eigenvalue weighted by Gasteiger charge is -2.11. The van der Waals surface area contributed by atoms with Gasteiger partial charge in [-0.25, -0.2) is 0 Å². The number of hydrogen-bond acceptors (Lipinski definition) is 3. The summed E-state index contributed by atoms with van der Waals surface area (Å²) in [6.45, 7) is 1.80. The average molecular weight is 270 g/mol. The molecule has 0 N–H and O–H groups in total. The van der Waals surface area contributed by atoms with E-state index in [1.54, 1.807) is 19.1 Å². The molecule has 4 nitrogen and oxygen atoms in total. The molecule has 0 spiro atoms. The third-order valence-corrected chi connectivity index (χ3v) is 2.56. The third kappa shape index (κ3) is 1.87. The molecule has 0 saturated heterocycles. The maximum absolute atomic E-state index is 11.5. The minimum absolute atomic E-state index is 0.178. The summed E-state index contributed by atoms with van der Waals surface area (Å²) in [7, 11) is 0. The van der Waals surface area contributed by atoms with Gasteiger partial charge in [0, 0.05) is 11.6 Å². The number of rotatable bonds is 2. The molecule has 0 aliphatic carbocycles. The summed E-state index contributed by atoms with van der Waals surface area (Å²) in [5.41, 5.74) is 0.464. The lowest BCUT2D eigenvalue weighted by atomic mass is 10.3. The van der Waals surface area contributed by atoms with E-state index >= 15 is 0 Å². The topological polar surface area (TPSA) is 50.5 Å². The fourth-order valence-corrected chi connectivity index (χ4v) is 1.72. The summed E-state index contributed by atoms with van der Waals surface area (Å²) < 4.78 is 5.81. The second-order valence-electron chi connectivity index (χ2n) is 3.26. The normalized spacial score (nSPS) is 16.1. The van der Waals surface area contributed by atoms with Gasteiger partial charge in [-0.3, -0.25) is 14.5 Å². The van der Waals surface area contributed by atoms with Crippen LogP contribution in [0.25, 0.3) is 0 Å². The van der Waals surface area contributed by atoms with Gasteiger partial charge in [-0.2, -0.15) is 0 Å². The Morgan fingerprint density at radius 2 is 2.13 bits per heavy atom. The van der Waals surface area contributed by atoms with Crippen LogP contribution in [0.2, 0.25) is 0 Å². The molecule has 0 fully saturated rings. The van der Waals surface area contributed by atoms with Crippen molar-refractivity contribution in [3.05, 3.63) is 34.2 Å². The van der Waals surface area contributed by atoms with Crippen LogP contribution >= 0.6 is 15.9 Å². The third-order valence-electron chi connectivity index (χ3n) is 2.13. The molecular formula is C10H8BrNO3. The fourth-order valence-electron chi connectivity index (χ4n) is 1.38. The Morgan fingerprint density at radius 3 is 2.60 bits per heavy atom. The van der Waals surface area contributed by atoms with Gasteiger partial charge in [-0.05, 0) is 35.0 Å². The second-order valence-corrected chi connectivity index (χ2v) is 4.04. The summed E-state index contributed by atoms with van der Waals surface area (Å²) in [4.78, 5) is 24.0. The predicted octanol–water partition coefficient (Wildman–Crippen LogP) is 1.86. The molecule has 1 aromatic heterocycles. The number of carbonyl (C=O) groups is 2. The lowest BCUT2D eigenvalue weighted by molar-refractivity contribution is -0.138. The SMILES string of the molecule is CC1=CC(=O)N(Cc2ccc(Br)o2)C1=O. The molecule has 5 heteroatoms. The van der Waals surface area contributed by atoms with Crippen molar-refractivity contribution in [3.8, 4) is 0 Å². The Hall–Kier alpha value is -1.36. The van der Waals surface area contributed by atoms with E-state index in [1.165, 1.54) is 6.08 Å². The smallest absolute Gasteiger partial charge is 0.256 e. The predicted molar refractivity (Wildman–Crippen MR) is 55.7 cm³/mol. The van der Waals surface area contributed by atoms with E-state index < -0.39 is 0 Å². The molecule has 2 amide bonds. The summed E-state index contributed by atoms with van der Waals surface area (Å²) in [6, 6.07) is 3.44. The number of imide groups is 1. The van der Waals surface area contributed by atoms with Crippen LogP contribution in [0.1, 0.15) is 12.7 Å². The Kier molecular flexibility index (Phi) is 2.48. The van der Waals surface area contributed by atoms with E-state index in [2.05, 4.69) is 15.9 Å². The van der Waals surface area contributed by atoms with E-state index in [4.69, 9.17) is 4.42 Å². The summed E-state index contributed by atoms with van der Waals surface area (Å²) >= 11 is 3.16. The van der Waals surface area contributed by atoms with Crippen molar-refractivity contribution in [2.45, 2.75) is 13.5 Å². The van der Waals surface area contributed by atoms with Crippen molar-refractivity contribution >= 4 is 27.7 Å². The molecular weight excluding hydrogens is 262 g/mol. The average Bonchev–Trinajstić information content (AvgIpc) is 2.67. The minimum Gasteiger partial charge on any atom is -0.452 e. The highest BCUT2D eigenvalue weighted by molar-refractivity contribution is 9.10. The highest BCUT2D eigenvalue weighted by atomic mass is 79.9. The maximum Gasteiger partial charge on any atom is 0.256 e. The zero-order valence-electron chi connectivity index (χ0n) is 7.99. The fraction of sp³-hybridized carbons (Fsp3) is 0.200. The van der Waals surface area contributed by atoms with Gasteiger partial charge in [-0.15, -0.1) is 0 Å². The molecule has 78 valence electrons. The molecule has 0 saturated carbocycles. The monoisotopic (exact) mass is 269 g/mol. The maximum atomic E-state index is 11.5. The largest absolute Gasteiger partial charge is 0.452 e. The van der Waals surface area contributed by atoms with Crippen molar-refractivity contribution < 1.29 is 14.0 Å². The van der Waals surface area contributed by atoms with E-state index in [0.717, 1.165) is 4.90 Å². The number of furan rings is 1. The van der Waals surface area contributed by atoms with Crippen LogP contribution in [0.3, 0.4) is 0 Å². The van der Waals surface area contributed by atoms with Crippen LogP contribution < -0.4 is 0 Å². The van der Waals surface area contributed by atoms with Crippen molar-refractivity contribution in [1.82, 2.24) is 4.90 Å². The summed E-state index contributed by atoms with van der Waals surface area (Å²) in [5, 5.41) is 0. The minimum atomic E-state index is -0.287. The van der Waals surface area contributed by atoms with Gasteiger partial charge in [0.25, 0.3) is 11.8 Å². The van der Waals surface area contributed by atoms with Gasteiger partial charge >= 0.3 is 0 Å². The first-order chi connectivity index (χ1) is 7.08. The zero-order valence-corrected chi connectivity index (χ0v) is 9.58. The van der Waals surface area contributed by atoms with Crippen LogP contribution in [0.15, 0.2) is 32.9 Å². The highest BCUT2D eigenvalue weighted by Crippen LogP contribution is 2.19. The molecule has 2 heterocycles. The highest BCUT2D eigenvalue weighted by Gasteiger charge is 2.28. The molecule has 0 aromatic carbocycles. The van der Waals surface area contributed by atoms with Crippen molar-refractivity contribution in [2.75, 3.05) is 0 Å². The molecule has 1 aliphatic rings. The van der Waals surface area contributed by atoms with Crippen LogP contribution in [0, 0.1) is 0 Å². The number of amides is 2. The Labute approximate surface area is 94.7 Å². The molecule has 0 unspecified atom stereocenters. The van der Waals surface area contributed by atoms with Gasteiger partial charge in [0.05, 0.1) is 6.54 Å². The van der Waals surface area contributed by atoms with E-state index in [9.17, 15) is 9.59 Å². The standard InChI is InChI=1S/C10H8BrNO3/c1-6-4-9(13)12(10(6)14)5-7-2-3-8(11)15-7/h2-4H,5H2,1H3. The van der Waals surface area contributed by atoms with Crippen LogP contribution in [-0.2, 0) is 16.1 Å². The molecule has 2 rings (SSSR count). The van der Waals surface area contributed by atoms with Gasteiger partial charge in [0.2, 0.25) is 0 Å². The molecule has 0 atom stereocenters. The van der Waals surface area contributed by atoms with Gasteiger partial charge in [0.1, 0.15) is 5.76 Å². The first-order valence-corrected chi connectivity index (χ1v) is 5.15. The number of halogens is 1. The van der Waals surface area contributed by atoms with Gasteiger partial charge in [-0.1, -0.05) is 0 Å². The first-order valence-electron chi connectivity index (χ1n) is 4.36. The number of hydrogen-bond donors (Lipinski definition) is 0. The molecule has 15 heavy (non-hydrogen) atoms. The molecule has 1 aromatic rings. The second kappa shape index (κ2) is 3.66. The van der Waals surface area contributed by atoms with Crippen molar-refractivity contribution in [1.29, 1.82) is 0 Å². The molecule has 0 bridgehead atoms. The quantitative estimate of drug-likeness (QED) is 0.771. The number of nitrogens with zero attached hydrogens (tertiary/aromatic N) is 1. The Balaban J connectivity index is 2.15. The van der Waals surface area contributed by atoms with E-state index in [-0.39, 0.29) is 18.4 Å². The van der Waals surface area contributed by atoms with Crippen LogP contribution in [0.4, 0.5) is 0 Å². The Morgan fingerprint density at radius 1 is 1.40 bits per heavy atom. The summed E-state index contributed by atoms with van der Waals surface area (Å²) in [5.74, 6) is 0.0317. The summed E-state index contributed by atoms with van der Waals surface area (Å²) in [6.07, 6.45) is 1.33. The van der Waals surface area contributed by atoms with Crippen molar-refractivity contribution in [3.63, 3.8) is 0 Å². The molecule has 0 radical (unpaired) electrons. The molecule has 1 aliphatic heterocycles. The first kappa shape index (κ1) is 10.2. The van der Waals surface area contributed by atoms with Gasteiger partial charge < -0.3 is 4.42 Å². The zero-order chi connectivity index (χ0) is 11.0. The lowest BCUT2D eigenvalue weighted by Crippen LogP contribution is -2.29.